The van der Waals surface area contributed by atoms with Crippen LogP contribution in [0.4, 0.5) is 20.9 Å². The van der Waals surface area contributed by atoms with E-state index < -0.39 is 49.0 Å². The van der Waals surface area contributed by atoms with E-state index in [1.54, 1.807) is 0 Å². The van der Waals surface area contributed by atoms with Gasteiger partial charge in [-0.1, -0.05) is 12.1 Å². The van der Waals surface area contributed by atoms with Crippen molar-refractivity contribution in [2.75, 3.05) is 20.3 Å². The molecular formula is C22H17FN4O8S. The molecule has 0 unspecified atom stereocenters. The molecule has 14 heteroatoms. The van der Waals surface area contributed by atoms with Crippen LogP contribution in [0.2, 0.25) is 0 Å². The summed E-state index contributed by atoms with van der Waals surface area (Å²) in [7, 11) is -3.71. The van der Waals surface area contributed by atoms with Gasteiger partial charge in [0.2, 0.25) is 0 Å². The Hall–Kier alpha value is -4.30. The first-order valence-electron chi connectivity index (χ1n) is 10.3. The van der Waals surface area contributed by atoms with E-state index in [1.807, 2.05) is 0 Å². The van der Waals surface area contributed by atoms with Crippen molar-refractivity contribution in [2.24, 2.45) is 10.2 Å². The summed E-state index contributed by atoms with van der Waals surface area (Å²) in [6.07, 6.45) is 0.401. The van der Waals surface area contributed by atoms with Gasteiger partial charge in [-0.25, -0.2) is 0 Å². The van der Waals surface area contributed by atoms with Gasteiger partial charge in [0.25, 0.3) is 17.5 Å². The minimum atomic E-state index is -5.20. The van der Waals surface area contributed by atoms with Crippen LogP contribution >= 0.6 is 0 Å². The molecular weight excluding hydrogens is 499 g/mol. The topological polar surface area (TPSA) is 169 Å². The average molecular weight is 516 g/mol. The summed E-state index contributed by atoms with van der Waals surface area (Å²) in [6, 6.07) is 7.87. The summed E-state index contributed by atoms with van der Waals surface area (Å²) in [4.78, 5) is 36.6. The molecule has 3 aromatic carbocycles. The van der Waals surface area contributed by atoms with Crippen LogP contribution in [-0.4, -0.2) is 55.4 Å². The summed E-state index contributed by atoms with van der Waals surface area (Å²) >= 11 is 0. The fourth-order valence-electron chi connectivity index (χ4n) is 3.82. The van der Waals surface area contributed by atoms with Crippen LogP contribution in [0.15, 0.2) is 57.6 Å². The van der Waals surface area contributed by atoms with Crippen LogP contribution in [0.1, 0.15) is 27.1 Å². The molecule has 0 bridgehead atoms. The Morgan fingerprint density at radius 3 is 2.44 bits per heavy atom. The van der Waals surface area contributed by atoms with Crippen molar-refractivity contribution >= 4 is 49.9 Å². The molecule has 1 N–H and O–H groups in total. The van der Waals surface area contributed by atoms with Gasteiger partial charge in [-0.2, -0.15) is 8.42 Å². The zero-order chi connectivity index (χ0) is 26.2. The third-order valence-corrected chi connectivity index (χ3v) is 6.30. The Morgan fingerprint density at radius 2 is 1.78 bits per heavy atom. The number of hydrogen-bond acceptors (Lipinski definition) is 10. The van der Waals surface area contributed by atoms with E-state index in [0.29, 0.717) is 19.1 Å². The predicted octanol–water partition coefficient (Wildman–Crippen LogP) is 4.16. The number of nitro benzene ring substituents is 1. The summed E-state index contributed by atoms with van der Waals surface area (Å²) in [5.74, 6) is -1.58. The van der Waals surface area contributed by atoms with E-state index >= 15 is 0 Å². The van der Waals surface area contributed by atoms with Gasteiger partial charge < -0.3 is 9.84 Å². The number of azo groups is 1. The minimum Gasteiger partial charge on any atom is -0.505 e. The van der Waals surface area contributed by atoms with Crippen LogP contribution in [0.25, 0.3) is 10.8 Å². The Bertz CT molecular complexity index is 1570. The van der Waals surface area contributed by atoms with Crippen LogP contribution < -0.4 is 0 Å². The number of methoxy groups -OCH3 is 1. The van der Waals surface area contributed by atoms with Crippen molar-refractivity contribution in [1.29, 1.82) is 0 Å². The van der Waals surface area contributed by atoms with Gasteiger partial charge in [-0.15, -0.1) is 14.1 Å². The van der Waals surface area contributed by atoms with Gasteiger partial charge in [-0.3, -0.25) is 24.6 Å². The van der Waals surface area contributed by atoms with Gasteiger partial charge in [0.1, 0.15) is 10.6 Å². The molecule has 0 fully saturated rings. The Morgan fingerprint density at radius 1 is 1.08 bits per heavy atom. The number of imide groups is 1. The maximum Gasteiger partial charge on any atom is 0.332 e. The maximum atomic E-state index is 13.3. The van der Waals surface area contributed by atoms with Gasteiger partial charge in [0.15, 0.2) is 11.4 Å². The summed E-state index contributed by atoms with van der Waals surface area (Å²) in [5, 5.41) is 30.1. The first kappa shape index (κ1) is 24.8. The molecule has 0 spiro atoms. The Labute approximate surface area is 203 Å². The molecule has 0 aliphatic carbocycles. The quantitative estimate of drug-likeness (QED) is 0.116. The molecule has 0 radical (unpaired) electrons. The standard InChI is InChI=1S/C22H17FN4O8S/c1-35-9-3-8-26-21(29)14-5-2-4-13-19(14)15(22(26)30)11-17(20(13)28)25-24-16-7-6-12(36(23,33)34)10-18(16)27(31)32/h2,4-7,10-11,28H,3,8-9H2,1H3. The van der Waals surface area contributed by atoms with E-state index in [-0.39, 0.29) is 34.1 Å². The monoisotopic (exact) mass is 516 g/mol. The largest absolute Gasteiger partial charge is 0.505 e. The van der Waals surface area contributed by atoms with E-state index in [4.69, 9.17) is 4.74 Å². The third-order valence-electron chi connectivity index (χ3n) is 5.48. The lowest BCUT2D eigenvalue weighted by Crippen LogP contribution is -2.41. The molecule has 4 rings (SSSR count). The van der Waals surface area contributed by atoms with Crippen molar-refractivity contribution in [1.82, 2.24) is 4.90 Å². The highest BCUT2D eigenvalue weighted by Gasteiger charge is 2.34. The molecule has 1 aliphatic heterocycles. The summed E-state index contributed by atoms with van der Waals surface area (Å²) < 4.78 is 40.4. The smallest absolute Gasteiger partial charge is 0.332 e. The van der Waals surface area contributed by atoms with Crippen molar-refractivity contribution in [3.63, 3.8) is 0 Å². The van der Waals surface area contributed by atoms with Gasteiger partial charge in [-0.05, 0) is 30.7 Å². The SMILES string of the molecule is COCCCN1C(=O)c2cccc3c(O)c(N=Nc4ccc(S(=O)(=O)F)cc4[N+](=O)[O-])cc(c23)C1=O. The van der Waals surface area contributed by atoms with Crippen LogP contribution in [0, 0.1) is 10.1 Å². The lowest BCUT2D eigenvalue weighted by Gasteiger charge is -2.27. The highest BCUT2D eigenvalue weighted by molar-refractivity contribution is 7.86. The van der Waals surface area contributed by atoms with Gasteiger partial charge in [0, 0.05) is 42.7 Å². The van der Waals surface area contributed by atoms with Crippen LogP contribution in [0.3, 0.4) is 0 Å². The number of phenolic OH excluding ortho intramolecular Hbond substituents is 1. The highest BCUT2D eigenvalue weighted by atomic mass is 32.3. The minimum absolute atomic E-state index is 0.0673. The lowest BCUT2D eigenvalue weighted by molar-refractivity contribution is -0.384. The molecule has 12 nitrogen and oxygen atoms in total. The number of carbonyl (C=O) groups excluding carboxylic acids is 2. The maximum absolute atomic E-state index is 13.3. The summed E-state index contributed by atoms with van der Waals surface area (Å²) in [5.41, 5.74) is -1.22. The predicted molar refractivity (Wildman–Crippen MR) is 123 cm³/mol. The van der Waals surface area contributed by atoms with E-state index in [0.717, 1.165) is 17.0 Å². The van der Waals surface area contributed by atoms with Crippen LogP contribution in [-0.2, 0) is 15.0 Å². The molecule has 2 amide bonds. The van der Waals surface area contributed by atoms with E-state index in [9.17, 15) is 37.1 Å². The second kappa shape index (κ2) is 9.39. The number of nitrogens with zero attached hydrogens (tertiary/aromatic N) is 4. The van der Waals surface area contributed by atoms with Crippen LogP contribution in [0.5, 0.6) is 5.75 Å². The molecule has 1 aliphatic rings. The molecule has 36 heavy (non-hydrogen) atoms. The van der Waals surface area contributed by atoms with Crippen molar-refractivity contribution in [2.45, 2.75) is 11.3 Å². The number of hydrogen-bond donors (Lipinski definition) is 1. The second-order valence-electron chi connectivity index (χ2n) is 7.67. The normalized spacial score (nSPS) is 13.7. The second-order valence-corrected chi connectivity index (χ2v) is 9.02. The number of carbonyl (C=O) groups is 2. The molecule has 0 aromatic heterocycles. The fourth-order valence-corrected chi connectivity index (χ4v) is 4.31. The van der Waals surface area contributed by atoms with E-state index in [2.05, 4.69) is 10.2 Å². The summed E-state index contributed by atoms with van der Waals surface area (Å²) in [6.45, 7) is 0.416. The highest BCUT2D eigenvalue weighted by Crippen LogP contribution is 2.42. The number of nitro groups is 1. The molecule has 0 saturated heterocycles. The third kappa shape index (κ3) is 4.38. The number of aromatic hydroxyl groups is 1. The van der Waals surface area contributed by atoms with Gasteiger partial charge in [0.05, 0.1) is 10.5 Å². The number of benzene rings is 3. The molecule has 0 saturated carbocycles. The molecule has 186 valence electrons. The zero-order valence-electron chi connectivity index (χ0n) is 18.5. The number of halogens is 1. The number of phenols is 1. The Kier molecular flexibility index (Phi) is 6.47. The van der Waals surface area contributed by atoms with Crippen molar-refractivity contribution in [3.05, 3.63) is 63.7 Å². The van der Waals surface area contributed by atoms with Crippen molar-refractivity contribution in [3.8, 4) is 5.75 Å². The molecule has 3 aromatic rings. The average Bonchev–Trinajstić information content (AvgIpc) is 2.84. The van der Waals surface area contributed by atoms with Gasteiger partial charge >= 0.3 is 10.2 Å². The van der Waals surface area contributed by atoms with Crippen molar-refractivity contribution < 1.29 is 36.7 Å². The lowest BCUT2D eigenvalue weighted by atomic mass is 9.92. The first-order chi connectivity index (χ1) is 17.0. The van der Waals surface area contributed by atoms with E-state index in [1.165, 1.54) is 31.4 Å². The molecule has 0 atom stereocenters. The first-order valence-corrected chi connectivity index (χ1v) is 11.7. The fraction of sp³-hybridized carbons (Fsp3) is 0.182. The molecule has 1 heterocycles. The zero-order valence-corrected chi connectivity index (χ0v) is 19.4. The number of rotatable bonds is 8. The Balaban J connectivity index is 1.82. The number of ether oxygens (including phenoxy) is 1. The number of amides is 2.